The van der Waals surface area contributed by atoms with Crippen LogP contribution in [0.3, 0.4) is 0 Å². The van der Waals surface area contributed by atoms with Crippen molar-refractivity contribution in [1.29, 1.82) is 0 Å². The van der Waals surface area contributed by atoms with Crippen molar-refractivity contribution in [2.45, 2.75) is 5.51 Å². The molecule has 23 heavy (non-hydrogen) atoms. The number of hydrogen-bond acceptors (Lipinski definition) is 5. The first-order valence-corrected chi connectivity index (χ1v) is 8.09. The van der Waals surface area contributed by atoms with E-state index in [1.165, 1.54) is 12.1 Å². The Morgan fingerprint density at radius 3 is 2.39 bits per heavy atom. The van der Waals surface area contributed by atoms with Crippen molar-refractivity contribution in [2.75, 3.05) is 7.11 Å². The molecular formula is C13H8BrF3O5S. The predicted octanol–water partition coefficient (Wildman–Crippen LogP) is 3.62. The van der Waals surface area contributed by atoms with Gasteiger partial charge in [0.05, 0.1) is 11.6 Å². The van der Waals surface area contributed by atoms with Gasteiger partial charge in [-0.15, -0.1) is 0 Å². The van der Waals surface area contributed by atoms with Gasteiger partial charge in [0, 0.05) is 0 Å². The molecule has 0 bridgehead atoms. The molecule has 0 aliphatic carbocycles. The molecule has 2 aromatic rings. The van der Waals surface area contributed by atoms with Crippen molar-refractivity contribution in [1.82, 2.24) is 0 Å². The highest BCUT2D eigenvalue weighted by Crippen LogP contribution is 2.39. The highest BCUT2D eigenvalue weighted by atomic mass is 79.9. The molecule has 0 aliphatic heterocycles. The van der Waals surface area contributed by atoms with E-state index in [1.807, 2.05) is 0 Å². The number of fused-ring (bicyclic) bond motifs is 1. The normalized spacial score (nSPS) is 12.2. The van der Waals surface area contributed by atoms with E-state index in [1.54, 1.807) is 18.2 Å². The maximum Gasteiger partial charge on any atom is 0.534 e. The molecule has 0 spiro atoms. The van der Waals surface area contributed by atoms with E-state index in [9.17, 15) is 26.4 Å². The molecule has 0 radical (unpaired) electrons. The smallest absolute Gasteiger partial charge is 0.465 e. The van der Waals surface area contributed by atoms with E-state index in [4.69, 9.17) is 0 Å². The molecule has 0 saturated heterocycles. The average molecular weight is 413 g/mol. The zero-order chi connectivity index (χ0) is 17.4. The molecule has 0 aliphatic rings. The fourth-order valence-electron chi connectivity index (χ4n) is 1.78. The minimum atomic E-state index is -5.94. The van der Waals surface area contributed by atoms with Gasteiger partial charge in [-0.2, -0.15) is 21.6 Å². The highest BCUT2D eigenvalue weighted by Gasteiger charge is 2.49. The number of benzene rings is 2. The van der Waals surface area contributed by atoms with Crippen LogP contribution in [0.5, 0.6) is 5.75 Å². The lowest BCUT2D eigenvalue weighted by molar-refractivity contribution is -0.0500. The molecule has 0 amide bonds. The fourth-order valence-corrected chi connectivity index (χ4v) is 3.03. The maximum atomic E-state index is 12.5. The van der Waals surface area contributed by atoms with Crippen LogP contribution in [0.1, 0.15) is 10.4 Å². The Labute approximate surface area is 137 Å². The molecular weight excluding hydrogens is 405 g/mol. The first kappa shape index (κ1) is 17.5. The first-order valence-electron chi connectivity index (χ1n) is 5.89. The van der Waals surface area contributed by atoms with Crippen LogP contribution in [0.4, 0.5) is 13.2 Å². The number of carbonyl (C=O) groups excluding carboxylic acids is 1. The van der Waals surface area contributed by atoms with Crippen LogP contribution >= 0.6 is 15.9 Å². The van der Waals surface area contributed by atoms with Gasteiger partial charge >= 0.3 is 21.6 Å². The minimum Gasteiger partial charge on any atom is -0.465 e. The molecule has 0 unspecified atom stereocenters. The molecule has 124 valence electrons. The Morgan fingerprint density at radius 2 is 1.83 bits per heavy atom. The minimum absolute atomic E-state index is 0.108. The zero-order valence-corrected chi connectivity index (χ0v) is 13.8. The van der Waals surface area contributed by atoms with Gasteiger partial charge in [-0.25, -0.2) is 4.79 Å². The van der Waals surface area contributed by atoms with Crippen molar-refractivity contribution in [3.05, 3.63) is 40.4 Å². The summed E-state index contributed by atoms with van der Waals surface area (Å²) >= 11 is 2.99. The number of methoxy groups -OCH3 is 1. The number of ether oxygens (including phenoxy) is 1. The zero-order valence-electron chi connectivity index (χ0n) is 11.3. The summed E-state index contributed by atoms with van der Waals surface area (Å²) in [6.45, 7) is 0. The molecule has 0 heterocycles. The maximum absolute atomic E-state index is 12.5. The lowest BCUT2D eigenvalue weighted by Crippen LogP contribution is -2.28. The number of hydrogen-bond donors (Lipinski definition) is 0. The van der Waals surface area contributed by atoms with Crippen molar-refractivity contribution < 1.29 is 35.3 Å². The van der Waals surface area contributed by atoms with Crippen LogP contribution < -0.4 is 4.18 Å². The van der Waals surface area contributed by atoms with Gasteiger partial charge in [0.2, 0.25) is 0 Å². The fraction of sp³-hybridized carbons (Fsp3) is 0.154. The molecule has 10 heteroatoms. The van der Waals surface area contributed by atoms with E-state index in [-0.39, 0.29) is 4.47 Å². The molecule has 0 aromatic heterocycles. The highest BCUT2D eigenvalue weighted by molar-refractivity contribution is 9.10. The molecule has 0 saturated carbocycles. The Bertz CT molecular complexity index is 877. The summed E-state index contributed by atoms with van der Waals surface area (Å²) in [5, 5.41) is 0.851. The van der Waals surface area contributed by atoms with Crippen LogP contribution in [0.2, 0.25) is 0 Å². The summed E-state index contributed by atoms with van der Waals surface area (Å²) < 4.78 is 68.6. The van der Waals surface area contributed by atoms with Gasteiger partial charge in [0.15, 0.2) is 5.75 Å². The third kappa shape index (κ3) is 3.27. The number of carbonyl (C=O) groups is 1. The van der Waals surface area contributed by atoms with Gasteiger partial charge in [-0.1, -0.05) is 24.3 Å². The monoisotopic (exact) mass is 412 g/mol. The standard InChI is InChI=1S/C13H8BrF3O5S/c1-21-12(18)9-6-7-4-2-3-5-8(7)10(14)11(9)22-23(19,20)13(15,16)17/h2-6H,1H3. The van der Waals surface area contributed by atoms with Crippen molar-refractivity contribution in [2.24, 2.45) is 0 Å². The Hall–Kier alpha value is -1.81. The van der Waals surface area contributed by atoms with Crippen LogP contribution in [-0.2, 0) is 14.9 Å². The molecule has 5 nitrogen and oxygen atoms in total. The van der Waals surface area contributed by atoms with Gasteiger partial charge in [-0.3, -0.25) is 0 Å². The summed E-state index contributed by atoms with van der Waals surface area (Å²) in [5.74, 6) is -1.82. The Morgan fingerprint density at radius 1 is 1.22 bits per heavy atom. The van der Waals surface area contributed by atoms with E-state index in [2.05, 4.69) is 24.8 Å². The van der Waals surface area contributed by atoms with Gasteiger partial charge in [0.25, 0.3) is 0 Å². The topological polar surface area (TPSA) is 69.7 Å². The van der Waals surface area contributed by atoms with Crippen molar-refractivity contribution in [3.8, 4) is 5.75 Å². The van der Waals surface area contributed by atoms with Gasteiger partial charge < -0.3 is 8.92 Å². The van der Waals surface area contributed by atoms with Crippen LogP contribution in [0.25, 0.3) is 10.8 Å². The number of rotatable bonds is 3. The summed E-state index contributed by atoms with van der Waals surface area (Å²) in [7, 11) is -4.94. The summed E-state index contributed by atoms with van der Waals surface area (Å²) in [4.78, 5) is 11.8. The summed E-state index contributed by atoms with van der Waals surface area (Å²) in [6.07, 6.45) is 0. The number of halogens is 4. The molecule has 0 atom stereocenters. The third-order valence-corrected chi connectivity index (χ3v) is 4.56. The largest absolute Gasteiger partial charge is 0.534 e. The summed E-state index contributed by atoms with van der Waals surface area (Å²) in [6, 6.07) is 7.53. The number of esters is 1. The second-order valence-electron chi connectivity index (χ2n) is 4.26. The van der Waals surface area contributed by atoms with Crippen LogP contribution in [0, 0.1) is 0 Å². The average Bonchev–Trinajstić information content (AvgIpc) is 2.48. The molecule has 2 rings (SSSR count). The molecule has 0 fully saturated rings. The third-order valence-electron chi connectivity index (χ3n) is 2.82. The molecule has 0 N–H and O–H groups in total. The van der Waals surface area contributed by atoms with E-state index in [0.29, 0.717) is 10.8 Å². The first-order chi connectivity index (χ1) is 10.6. The van der Waals surface area contributed by atoms with Crippen LogP contribution in [-0.4, -0.2) is 27.0 Å². The Balaban J connectivity index is 2.75. The molecule has 2 aromatic carbocycles. The lowest BCUT2D eigenvalue weighted by atomic mass is 10.1. The van der Waals surface area contributed by atoms with E-state index >= 15 is 0 Å². The van der Waals surface area contributed by atoms with Gasteiger partial charge in [0.1, 0.15) is 5.56 Å². The predicted molar refractivity (Wildman–Crippen MR) is 78.6 cm³/mol. The number of alkyl halides is 3. The quantitative estimate of drug-likeness (QED) is 0.437. The van der Waals surface area contributed by atoms with E-state index in [0.717, 1.165) is 7.11 Å². The van der Waals surface area contributed by atoms with Crippen molar-refractivity contribution >= 4 is 42.8 Å². The van der Waals surface area contributed by atoms with Crippen molar-refractivity contribution in [3.63, 3.8) is 0 Å². The SMILES string of the molecule is COC(=O)c1cc2ccccc2c(Br)c1OS(=O)(=O)C(F)(F)F. The second-order valence-corrected chi connectivity index (χ2v) is 6.59. The Kier molecular flexibility index (Phi) is 4.58. The lowest BCUT2D eigenvalue weighted by Gasteiger charge is -2.15. The van der Waals surface area contributed by atoms with Gasteiger partial charge in [-0.05, 0) is 32.8 Å². The second kappa shape index (κ2) is 6.00. The van der Waals surface area contributed by atoms with Crippen LogP contribution in [0.15, 0.2) is 34.8 Å². The van der Waals surface area contributed by atoms with E-state index < -0.39 is 32.9 Å². The summed E-state index contributed by atoms with van der Waals surface area (Å²) in [5.41, 5.74) is -6.09.